The van der Waals surface area contributed by atoms with Gasteiger partial charge in [-0.05, 0) is 62.9 Å². The molecule has 4 rings (SSSR count). The molecule has 34 heavy (non-hydrogen) atoms. The van der Waals surface area contributed by atoms with E-state index in [0.717, 1.165) is 39.6 Å². The van der Waals surface area contributed by atoms with E-state index < -0.39 is 5.97 Å². The van der Waals surface area contributed by atoms with Crippen molar-refractivity contribution in [1.82, 2.24) is 4.57 Å². The van der Waals surface area contributed by atoms with Gasteiger partial charge in [0.15, 0.2) is 0 Å². The van der Waals surface area contributed by atoms with Crippen LogP contribution in [0.3, 0.4) is 0 Å². The molecule has 2 aromatic carbocycles. The average Bonchev–Trinajstić information content (AvgIpc) is 3.37. The second kappa shape index (κ2) is 9.85. The highest BCUT2D eigenvalue weighted by Crippen LogP contribution is 2.37. The summed E-state index contributed by atoms with van der Waals surface area (Å²) in [6.07, 6.45) is 0.939. The zero-order valence-electron chi connectivity index (χ0n) is 20.3. The van der Waals surface area contributed by atoms with Crippen LogP contribution in [0.4, 0.5) is 5.00 Å². The normalized spacial score (nSPS) is 11.1. The van der Waals surface area contributed by atoms with Crippen LogP contribution in [-0.4, -0.2) is 23.1 Å². The number of fused-ring (bicyclic) bond motifs is 1. The molecule has 0 bridgehead atoms. The summed E-state index contributed by atoms with van der Waals surface area (Å²) in [6, 6.07) is 14.3. The molecule has 5 nitrogen and oxygen atoms in total. The molecule has 0 saturated carbocycles. The summed E-state index contributed by atoms with van der Waals surface area (Å²) in [4.78, 5) is 26.5. The monoisotopic (exact) mass is 474 g/mol. The molecule has 6 heteroatoms. The van der Waals surface area contributed by atoms with E-state index in [2.05, 4.69) is 30.4 Å². The number of aryl methyl sites for hydroxylation is 4. The Morgan fingerprint density at radius 1 is 1.03 bits per heavy atom. The average molecular weight is 475 g/mol. The van der Waals surface area contributed by atoms with Gasteiger partial charge < -0.3 is 14.6 Å². The number of hydrogen-bond donors (Lipinski definition) is 1. The smallest absolute Gasteiger partial charge is 0.341 e. The van der Waals surface area contributed by atoms with Gasteiger partial charge in [-0.1, -0.05) is 42.8 Å². The van der Waals surface area contributed by atoms with Crippen LogP contribution < -0.4 is 5.32 Å². The van der Waals surface area contributed by atoms with E-state index >= 15 is 0 Å². The van der Waals surface area contributed by atoms with Gasteiger partial charge in [0.25, 0.3) is 5.91 Å². The third kappa shape index (κ3) is 4.26. The predicted octanol–water partition coefficient (Wildman–Crippen LogP) is 7.00. The topological polar surface area (TPSA) is 60.3 Å². The van der Waals surface area contributed by atoms with E-state index in [4.69, 9.17) is 4.74 Å². The van der Waals surface area contributed by atoms with E-state index in [1.807, 2.05) is 55.0 Å². The Morgan fingerprint density at radius 3 is 2.41 bits per heavy atom. The lowest BCUT2D eigenvalue weighted by Crippen LogP contribution is -2.19. The van der Waals surface area contributed by atoms with Crippen molar-refractivity contribution >= 4 is 39.1 Å². The molecular formula is C28H30N2O3S. The molecule has 0 saturated heterocycles. The molecule has 0 radical (unpaired) electrons. The molecule has 0 fully saturated rings. The third-order valence-corrected chi connectivity index (χ3v) is 7.08. The molecule has 1 N–H and O–H groups in total. The van der Waals surface area contributed by atoms with Gasteiger partial charge in [0.05, 0.1) is 6.61 Å². The number of thiophene rings is 1. The Morgan fingerprint density at radius 2 is 1.76 bits per heavy atom. The summed E-state index contributed by atoms with van der Waals surface area (Å²) in [7, 11) is 0. The minimum atomic E-state index is -0.435. The molecule has 0 aliphatic rings. The molecule has 1 amide bonds. The van der Waals surface area contributed by atoms with Crippen molar-refractivity contribution < 1.29 is 14.3 Å². The summed E-state index contributed by atoms with van der Waals surface area (Å²) in [5, 5.41) is 6.52. The number of benzene rings is 2. The van der Waals surface area contributed by atoms with E-state index in [1.54, 1.807) is 6.92 Å². The molecule has 2 aromatic heterocycles. The van der Waals surface area contributed by atoms with Crippen molar-refractivity contribution in [3.05, 3.63) is 75.8 Å². The molecule has 0 aliphatic carbocycles. The lowest BCUT2D eigenvalue weighted by atomic mass is 10.0. The highest BCUT2D eigenvalue weighted by Gasteiger charge is 2.26. The quantitative estimate of drug-likeness (QED) is 0.293. The van der Waals surface area contributed by atoms with Crippen molar-refractivity contribution in [3.8, 4) is 11.1 Å². The lowest BCUT2D eigenvalue weighted by molar-refractivity contribution is 0.0529. The Hall–Kier alpha value is -3.38. The first-order valence-electron chi connectivity index (χ1n) is 11.7. The van der Waals surface area contributed by atoms with E-state index in [-0.39, 0.29) is 12.5 Å². The molecule has 4 aromatic rings. The molecule has 2 heterocycles. The number of rotatable bonds is 7. The Kier molecular flexibility index (Phi) is 6.89. The van der Waals surface area contributed by atoms with Gasteiger partial charge in [0, 0.05) is 28.4 Å². The number of anilines is 1. The number of esters is 1. The number of nitrogens with one attached hydrogen (secondary N) is 1. The predicted molar refractivity (Wildman–Crippen MR) is 140 cm³/mol. The number of hydrogen-bond acceptors (Lipinski definition) is 4. The van der Waals surface area contributed by atoms with Crippen LogP contribution in [0.2, 0.25) is 0 Å². The standard InChI is InChI=1S/C28H30N2O3S/c1-6-19-11-14-23-21(15-19)18(5)25(30(23)7-2)26(31)29-27-24(28(32)33-8-3)22(16-34-27)20-12-9-17(4)10-13-20/h9-16H,6-8H2,1-5H3,(H,29,31). The number of aromatic nitrogens is 1. The largest absolute Gasteiger partial charge is 0.462 e. The minimum Gasteiger partial charge on any atom is -0.462 e. The molecular weight excluding hydrogens is 444 g/mol. The maximum absolute atomic E-state index is 13.6. The molecule has 0 atom stereocenters. The Balaban J connectivity index is 1.78. The van der Waals surface area contributed by atoms with Crippen LogP contribution >= 0.6 is 11.3 Å². The molecule has 0 unspecified atom stereocenters. The second-order valence-electron chi connectivity index (χ2n) is 8.32. The summed E-state index contributed by atoms with van der Waals surface area (Å²) in [6.45, 7) is 10.9. The van der Waals surface area contributed by atoms with Gasteiger partial charge in [-0.3, -0.25) is 4.79 Å². The lowest BCUT2D eigenvalue weighted by Gasteiger charge is -2.11. The number of carbonyl (C=O) groups excluding carboxylic acids is 2. The van der Waals surface area contributed by atoms with Gasteiger partial charge >= 0.3 is 5.97 Å². The summed E-state index contributed by atoms with van der Waals surface area (Å²) in [5.41, 5.74) is 7.05. The number of ether oxygens (including phenoxy) is 1. The second-order valence-corrected chi connectivity index (χ2v) is 9.20. The first kappa shape index (κ1) is 23.8. The molecule has 0 spiro atoms. The zero-order chi connectivity index (χ0) is 24.4. The van der Waals surface area contributed by atoms with Gasteiger partial charge in [0.1, 0.15) is 16.3 Å². The van der Waals surface area contributed by atoms with E-state index in [0.29, 0.717) is 22.8 Å². The summed E-state index contributed by atoms with van der Waals surface area (Å²) in [5.74, 6) is -0.661. The van der Waals surface area contributed by atoms with Gasteiger partial charge in [-0.15, -0.1) is 11.3 Å². The highest BCUT2D eigenvalue weighted by molar-refractivity contribution is 7.15. The van der Waals surface area contributed by atoms with Crippen molar-refractivity contribution in [1.29, 1.82) is 0 Å². The minimum absolute atomic E-state index is 0.226. The Labute approximate surface area is 204 Å². The van der Waals surface area contributed by atoms with Crippen molar-refractivity contribution in [2.75, 3.05) is 11.9 Å². The summed E-state index contributed by atoms with van der Waals surface area (Å²) >= 11 is 1.34. The molecule has 0 aliphatic heterocycles. The number of nitrogens with zero attached hydrogens (tertiary/aromatic N) is 1. The number of amides is 1. The van der Waals surface area contributed by atoms with Crippen LogP contribution in [0, 0.1) is 13.8 Å². The van der Waals surface area contributed by atoms with Crippen LogP contribution in [0.1, 0.15) is 58.3 Å². The third-order valence-electron chi connectivity index (χ3n) is 6.18. The fraction of sp³-hybridized carbons (Fsp3) is 0.286. The first-order chi connectivity index (χ1) is 16.4. The number of carbonyl (C=O) groups is 2. The van der Waals surface area contributed by atoms with Gasteiger partial charge in [-0.25, -0.2) is 4.79 Å². The molecule has 176 valence electrons. The van der Waals surface area contributed by atoms with E-state index in [9.17, 15) is 9.59 Å². The van der Waals surface area contributed by atoms with Crippen molar-refractivity contribution in [2.24, 2.45) is 0 Å². The first-order valence-corrected chi connectivity index (χ1v) is 12.6. The maximum atomic E-state index is 13.6. The fourth-order valence-corrected chi connectivity index (χ4v) is 5.33. The van der Waals surface area contributed by atoms with E-state index in [1.165, 1.54) is 16.9 Å². The van der Waals surface area contributed by atoms with Crippen LogP contribution in [0.15, 0.2) is 47.8 Å². The van der Waals surface area contributed by atoms with Gasteiger partial charge in [-0.2, -0.15) is 0 Å². The summed E-state index contributed by atoms with van der Waals surface area (Å²) < 4.78 is 7.39. The van der Waals surface area contributed by atoms with Crippen LogP contribution in [0.25, 0.3) is 22.0 Å². The van der Waals surface area contributed by atoms with Crippen LogP contribution in [-0.2, 0) is 17.7 Å². The van der Waals surface area contributed by atoms with Crippen LogP contribution in [0.5, 0.6) is 0 Å². The van der Waals surface area contributed by atoms with Crippen molar-refractivity contribution in [3.63, 3.8) is 0 Å². The van der Waals surface area contributed by atoms with Crippen molar-refractivity contribution in [2.45, 2.75) is 47.6 Å². The maximum Gasteiger partial charge on any atom is 0.341 e. The van der Waals surface area contributed by atoms with Gasteiger partial charge in [0.2, 0.25) is 0 Å². The zero-order valence-corrected chi connectivity index (χ0v) is 21.1. The fourth-order valence-electron chi connectivity index (χ4n) is 4.37. The highest BCUT2D eigenvalue weighted by atomic mass is 32.1. The Bertz CT molecular complexity index is 1360. The SMILES string of the molecule is CCOC(=O)c1c(-c2ccc(C)cc2)csc1NC(=O)c1c(C)c2cc(CC)ccc2n1CC.